The SMILES string of the molecule is C=C(Nc1ccc(-c2ncc3n2CCN(CCC)C3)c(N2CCCCCC2)c1)C1CC1. The predicted molar refractivity (Wildman–Crippen MR) is 129 cm³/mol. The average Bonchev–Trinajstić information content (AvgIpc) is 3.59. The average molecular weight is 420 g/mol. The molecule has 0 unspecified atom stereocenters. The third-order valence-electron chi connectivity index (χ3n) is 7.06. The predicted octanol–water partition coefficient (Wildman–Crippen LogP) is 5.49. The Hall–Kier alpha value is -2.27. The van der Waals surface area contributed by atoms with E-state index < -0.39 is 0 Å². The Balaban J connectivity index is 1.48. The zero-order valence-corrected chi connectivity index (χ0v) is 19.1. The number of hydrogen-bond donors (Lipinski definition) is 1. The van der Waals surface area contributed by atoms with Crippen molar-refractivity contribution in [3.63, 3.8) is 0 Å². The maximum atomic E-state index is 4.94. The monoisotopic (exact) mass is 419 g/mol. The normalized spacial score (nSPS) is 19.7. The fourth-order valence-electron chi connectivity index (χ4n) is 5.15. The van der Waals surface area contributed by atoms with Crippen LogP contribution in [0.4, 0.5) is 11.4 Å². The molecule has 1 saturated heterocycles. The van der Waals surface area contributed by atoms with Gasteiger partial charge in [0, 0.05) is 55.4 Å². The maximum absolute atomic E-state index is 4.94. The summed E-state index contributed by atoms with van der Waals surface area (Å²) in [6, 6.07) is 6.86. The molecule has 31 heavy (non-hydrogen) atoms. The van der Waals surface area contributed by atoms with E-state index in [1.54, 1.807) is 0 Å². The van der Waals surface area contributed by atoms with E-state index in [1.165, 1.54) is 79.8 Å². The fraction of sp³-hybridized carbons (Fsp3) is 0.577. The van der Waals surface area contributed by atoms with E-state index in [2.05, 4.69) is 57.6 Å². The number of nitrogens with one attached hydrogen (secondary N) is 1. The van der Waals surface area contributed by atoms with E-state index in [4.69, 9.17) is 4.98 Å². The summed E-state index contributed by atoms with van der Waals surface area (Å²) in [5.41, 5.74) is 6.30. The van der Waals surface area contributed by atoms with Crippen molar-refractivity contribution in [1.82, 2.24) is 14.5 Å². The van der Waals surface area contributed by atoms with E-state index in [0.29, 0.717) is 5.92 Å². The third kappa shape index (κ3) is 4.52. The Morgan fingerprint density at radius 3 is 2.65 bits per heavy atom. The van der Waals surface area contributed by atoms with Crippen molar-refractivity contribution in [2.75, 3.05) is 36.4 Å². The second-order valence-corrected chi connectivity index (χ2v) is 9.56. The first-order valence-corrected chi connectivity index (χ1v) is 12.3. The quantitative estimate of drug-likeness (QED) is 0.644. The molecule has 1 saturated carbocycles. The molecule has 3 aliphatic rings. The fourth-order valence-corrected chi connectivity index (χ4v) is 5.15. The van der Waals surface area contributed by atoms with Gasteiger partial charge in [-0.2, -0.15) is 0 Å². The van der Waals surface area contributed by atoms with Gasteiger partial charge in [0.05, 0.1) is 11.9 Å². The van der Waals surface area contributed by atoms with Crippen molar-refractivity contribution in [3.05, 3.63) is 42.4 Å². The number of benzene rings is 1. The van der Waals surface area contributed by atoms with Gasteiger partial charge in [-0.3, -0.25) is 4.90 Å². The molecule has 3 heterocycles. The van der Waals surface area contributed by atoms with Crippen LogP contribution in [0.1, 0.15) is 57.6 Å². The Kier molecular flexibility index (Phi) is 6.04. The zero-order valence-electron chi connectivity index (χ0n) is 19.1. The summed E-state index contributed by atoms with van der Waals surface area (Å²) in [4.78, 5) is 10.1. The highest BCUT2D eigenvalue weighted by Crippen LogP contribution is 2.39. The Morgan fingerprint density at radius 2 is 1.90 bits per heavy atom. The van der Waals surface area contributed by atoms with Crippen LogP contribution in [-0.4, -0.2) is 40.6 Å². The molecule has 2 fully saturated rings. The second-order valence-electron chi connectivity index (χ2n) is 9.56. The standard InChI is InChI=1S/C26H37N5/c1-3-12-29-15-16-31-23(19-29)18-27-26(31)24-11-10-22(28-20(2)21-8-9-21)17-25(24)30-13-6-4-5-7-14-30/h10-11,17-18,21,28H,2-9,12-16,19H2,1H3. The highest BCUT2D eigenvalue weighted by molar-refractivity contribution is 5.79. The van der Waals surface area contributed by atoms with Gasteiger partial charge in [-0.15, -0.1) is 0 Å². The van der Waals surface area contributed by atoms with Gasteiger partial charge in [-0.05, 0) is 62.8 Å². The van der Waals surface area contributed by atoms with Crippen LogP contribution in [0.2, 0.25) is 0 Å². The van der Waals surface area contributed by atoms with E-state index in [-0.39, 0.29) is 0 Å². The minimum Gasteiger partial charge on any atom is -0.371 e. The number of imidazole rings is 1. The van der Waals surface area contributed by atoms with Crippen molar-refractivity contribution in [1.29, 1.82) is 0 Å². The summed E-state index contributed by atoms with van der Waals surface area (Å²) in [6.07, 6.45) is 11.1. The third-order valence-corrected chi connectivity index (χ3v) is 7.06. The van der Waals surface area contributed by atoms with Gasteiger partial charge in [-0.25, -0.2) is 4.98 Å². The van der Waals surface area contributed by atoms with Crippen molar-refractivity contribution in [2.24, 2.45) is 5.92 Å². The van der Waals surface area contributed by atoms with Crippen molar-refractivity contribution < 1.29 is 0 Å². The summed E-state index contributed by atoms with van der Waals surface area (Å²) in [5, 5.41) is 3.60. The lowest BCUT2D eigenvalue weighted by Crippen LogP contribution is -2.34. The van der Waals surface area contributed by atoms with Crippen LogP contribution in [0.25, 0.3) is 11.4 Å². The van der Waals surface area contributed by atoms with Crippen LogP contribution in [0.5, 0.6) is 0 Å². The molecule has 0 atom stereocenters. The number of fused-ring (bicyclic) bond motifs is 1. The number of hydrogen-bond acceptors (Lipinski definition) is 4. The summed E-state index contributed by atoms with van der Waals surface area (Å²) >= 11 is 0. The molecule has 1 aromatic heterocycles. The smallest absolute Gasteiger partial charge is 0.142 e. The molecular formula is C26H37N5. The molecule has 2 aliphatic heterocycles. The summed E-state index contributed by atoms with van der Waals surface area (Å²) in [6.45, 7) is 13.1. The molecule has 5 nitrogen and oxygen atoms in total. The first kappa shape index (κ1) is 20.6. The summed E-state index contributed by atoms with van der Waals surface area (Å²) in [7, 11) is 0. The topological polar surface area (TPSA) is 36.3 Å². The van der Waals surface area contributed by atoms with Gasteiger partial charge < -0.3 is 14.8 Å². The Labute approximate surface area is 187 Å². The molecule has 0 spiro atoms. The molecule has 0 bridgehead atoms. The van der Waals surface area contributed by atoms with E-state index in [1.807, 2.05) is 0 Å². The minimum absolute atomic E-state index is 0.659. The second kappa shape index (κ2) is 9.07. The van der Waals surface area contributed by atoms with Crippen molar-refractivity contribution in [2.45, 2.75) is 65.0 Å². The van der Waals surface area contributed by atoms with Gasteiger partial charge in [0.2, 0.25) is 0 Å². The van der Waals surface area contributed by atoms with Crippen LogP contribution < -0.4 is 10.2 Å². The van der Waals surface area contributed by atoms with E-state index in [0.717, 1.165) is 38.5 Å². The largest absolute Gasteiger partial charge is 0.371 e. The van der Waals surface area contributed by atoms with E-state index in [9.17, 15) is 0 Å². The van der Waals surface area contributed by atoms with Gasteiger partial charge in [0.1, 0.15) is 5.82 Å². The van der Waals surface area contributed by atoms with Crippen molar-refractivity contribution >= 4 is 11.4 Å². The molecule has 5 rings (SSSR count). The number of allylic oxidation sites excluding steroid dienone is 1. The number of aromatic nitrogens is 2. The van der Waals surface area contributed by atoms with Crippen LogP contribution in [0, 0.1) is 5.92 Å². The maximum Gasteiger partial charge on any atom is 0.142 e. The molecular weight excluding hydrogens is 382 g/mol. The van der Waals surface area contributed by atoms with Crippen LogP contribution in [-0.2, 0) is 13.1 Å². The zero-order chi connectivity index (χ0) is 21.2. The van der Waals surface area contributed by atoms with Gasteiger partial charge >= 0.3 is 0 Å². The summed E-state index contributed by atoms with van der Waals surface area (Å²) in [5.74, 6) is 1.80. The van der Waals surface area contributed by atoms with Gasteiger partial charge in [0.15, 0.2) is 0 Å². The van der Waals surface area contributed by atoms with E-state index >= 15 is 0 Å². The van der Waals surface area contributed by atoms with Crippen LogP contribution in [0.3, 0.4) is 0 Å². The molecule has 2 aromatic rings. The lowest BCUT2D eigenvalue weighted by Gasteiger charge is -2.30. The molecule has 166 valence electrons. The number of rotatable bonds is 7. The number of nitrogens with zero attached hydrogens (tertiary/aromatic N) is 4. The number of anilines is 2. The highest BCUT2D eigenvalue weighted by Gasteiger charge is 2.26. The lowest BCUT2D eigenvalue weighted by molar-refractivity contribution is 0.222. The molecule has 0 radical (unpaired) electrons. The van der Waals surface area contributed by atoms with Gasteiger partial charge in [0.25, 0.3) is 0 Å². The Morgan fingerprint density at radius 1 is 1.10 bits per heavy atom. The molecule has 0 amide bonds. The Bertz CT molecular complexity index is 918. The molecule has 1 N–H and O–H groups in total. The first-order chi connectivity index (χ1) is 15.2. The highest BCUT2D eigenvalue weighted by atomic mass is 15.2. The van der Waals surface area contributed by atoms with Gasteiger partial charge in [-0.1, -0.05) is 26.3 Å². The minimum atomic E-state index is 0.659. The molecule has 1 aliphatic carbocycles. The lowest BCUT2D eigenvalue weighted by atomic mass is 10.1. The van der Waals surface area contributed by atoms with Crippen molar-refractivity contribution in [3.8, 4) is 11.4 Å². The molecule has 1 aromatic carbocycles. The van der Waals surface area contributed by atoms with Crippen LogP contribution >= 0.6 is 0 Å². The first-order valence-electron chi connectivity index (χ1n) is 12.3. The van der Waals surface area contributed by atoms with Crippen LogP contribution in [0.15, 0.2) is 36.7 Å². The summed E-state index contributed by atoms with van der Waals surface area (Å²) < 4.78 is 2.46. The molecule has 5 heteroatoms.